The van der Waals surface area contributed by atoms with Crippen molar-refractivity contribution in [2.24, 2.45) is 5.73 Å². The number of thiazole rings is 1. The molecule has 1 fully saturated rings. The van der Waals surface area contributed by atoms with Crippen LogP contribution in [0.4, 0.5) is 14.5 Å². The Morgan fingerprint density at radius 2 is 2.09 bits per heavy atom. The third-order valence-electron chi connectivity index (χ3n) is 5.62. The summed E-state index contributed by atoms with van der Waals surface area (Å²) in [4.78, 5) is 23.9. The van der Waals surface area contributed by atoms with E-state index in [0.717, 1.165) is 47.4 Å². The van der Waals surface area contributed by atoms with Crippen molar-refractivity contribution < 1.29 is 13.6 Å². The van der Waals surface area contributed by atoms with Gasteiger partial charge in [-0.05, 0) is 25.0 Å². The molecular weight excluding hydrogens is 434 g/mol. The maximum absolute atomic E-state index is 14.1. The van der Waals surface area contributed by atoms with E-state index in [9.17, 15) is 13.6 Å². The van der Waals surface area contributed by atoms with Gasteiger partial charge >= 0.3 is 0 Å². The molecule has 0 radical (unpaired) electrons. The third kappa shape index (κ3) is 3.76. The number of fused-ring (bicyclic) bond motifs is 1. The first kappa shape index (κ1) is 20.7. The number of aromatic nitrogens is 4. The van der Waals surface area contributed by atoms with Crippen molar-refractivity contribution in [1.29, 1.82) is 0 Å². The number of halogens is 2. The Morgan fingerprint density at radius 3 is 2.88 bits per heavy atom. The molecule has 4 aromatic rings. The molecule has 0 amide bonds. The highest BCUT2D eigenvalue weighted by Gasteiger charge is 2.25. The van der Waals surface area contributed by atoms with Crippen molar-refractivity contribution in [3.63, 3.8) is 0 Å². The second-order valence-electron chi connectivity index (χ2n) is 7.85. The predicted molar refractivity (Wildman–Crippen MR) is 119 cm³/mol. The Bertz CT molecular complexity index is 1280. The monoisotopic (exact) mass is 454 g/mol. The van der Waals surface area contributed by atoms with Gasteiger partial charge in [-0.15, -0.1) is 11.3 Å². The predicted octanol–water partition coefficient (Wildman–Crippen LogP) is 3.71. The van der Waals surface area contributed by atoms with Crippen LogP contribution in [0.3, 0.4) is 0 Å². The number of nitrogens with one attached hydrogen (secondary N) is 1. The van der Waals surface area contributed by atoms with Crippen LogP contribution in [0.2, 0.25) is 0 Å². The van der Waals surface area contributed by atoms with Gasteiger partial charge in [0, 0.05) is 42.7 Å². The molecule has 7 nitrogen and oxygen atoms in total. The fraction of sp³-hybridized carbons (Fsp3) is 0.273. The van der Waals surface area contributed by atoms with Gasteiger partial charge in [-0.1, -0.05) is 6.07 Å². The van der Waals surface area contributed by atoms with E-state index in [2.05, 4.69) is 25.1 Å². The summed E-state index contributed by atoms with van der Waals surface area (Å²) in [6.07, 6.45) is 5.34. The van der Waals surface area contributed by atoms with Crippen LogP contribution in [-0.4, -0.2) is 45.1 Å². The van der Waals surface area contributed by atoms with Crippen LogP contribution in [0.5, 0.6) is 0 Å². The Hall–Kier alpha value is -3.24. The fourth-order valence-electron chi connectivity index (χ4n) is 4.13. The van der Waals surface area contributed by atoms with Gasteiger partial charge in [0.1, 0.15) is 22.3 Å². The number of rotatable bonds is 5. The maximum Gasteiger partial charge on any atom is 0.186 e. The molecule has 3 N–H and O–H groups in total. The lowest BCUT2D eigenvalue weighted by Crippen LogP contribution is -2.43. The summed E-state index contributed by atoms with van der Waals surface area (Å²) in [6, 6.07) is 3.69. The highest BCUT2D eigenvalue weighted by atomic mass is 32.1. The number of nitrogens with zero attached hydrogens (tertiary/aromatic N) is 4. The zero-order valence-electron chi connectivity index (χ0n) is 17.0. The zero-order chi connectivity index (χ0) is 22.2. The maximum atomic E-state index is 14.1. The molecule has 164 valence electrons. The average Bonchev–Trinajstić information content (AvgIpc) is 3.43. The Morgan fingerprint density at radius 1 is 1.28 bits per heavy atom. The summed E-state index contributed by atoms with van der Waals surface area (Å²) in [6.45, 7) is 1.51. The summed E-state index contributed by atoms with van der Waals surface area (Å²) < 4.78 is 28.2. The number of H-pyrrole nitrogens is 1. The number of anilines is 1. The number of hydrogen-bond acceptors (Lipinski definition) is 7. The summed E-state index contributed by atoms with van der Waals surface area (Å²) in [5, 5.41) is 9.46. The largest absolute Gasteiger partial charge is 0.369 e. The first-order valence-corrected chi connectivity index (χ1v) is 11.1. The van der Waals surface area contributed by atoms with Crippen molar-refractivity contribution in [3.05, 3.63) is 58.9 Å². The van der Waals surface area contributed by atoms with Gasteiger partial charge in [0.15, 0.2) is 11.4 Å². The smallest absolute Gasteiger partial charge is 0.186 e. The summed E-state index contributed by atoms with van der Waals surface area (Å²) in [5.41, 5.74) is 8.41. The second-order valence-corrected chi connectivity index (χ2v) is 8.71. The van der Waals surface area contributed by atoms with Crippen molar-refractivity contribution >= 4 is 33.8 Å². The SMILES string of the molecule is N[C@H]1CCCN(c2c(CC(=O)c3csc(-c4c(F)cccc4F)n3)cnc3[nH]ncc23)C1. The minimum atomic E-state index is -0.711. The normalized spacial score (nSPS) is 16.6. The molecule has 32 heavy (non-hydrogen) atoms. The van der Waals surface area contributed by atoms with E-state index < -0.39 is 11.6 Å². The Labute approximate surface area is 186 Å². The lowest BCUT2D eigenvalue weighted by atomic mass is 10.0. The number of carbonyl (C=O) groups excluding carboxylic acids is 1. The van der Waals surface area contributed by atoms with Crippen LogP contribution >= 0.6 is 11.3 Å². The number of hydrogen-bond donors (Lipinski definition) is 2. The summed E-state index contributed by atoms with van der Waals surface area (Å²) in [5.74, 6) is -1.68. The van der Waals surface area contributed by atoms with Gasteiger partial charge < -0.3 is 10.6 Å². The summed E-state index contributed by atoms with van der Waals surface area (Å²) in [7, 11) is 0. The highest BCUT2D eigenvalue weighted by molar-refractivity contribution is 7.13. The van der Waals surface area contributed by atoms with Gasteiger partial charge in [0.2, 0.25) is 0 Å². The lowest BCUT2D eigenvalue weighted by molar-refractivity contribution is 0.0989. The third-order valence-corrected chi connectivity index (χ3v) is 6.48. The molecule has 0 saturated carbocycles. The van der Waals surface area contributed by atoms with Gasteiger partial charge in [-0.3, -0.25) is 9.89 Å². The minimum Gasteiger partial charge on any atom is -0.369 e. The van der Waals surface area contributed by atoms with Gasteiger partial charge in [-0.25, -0.2) is 18.7 Å². The number of ketones is 1. The first-order chi connectivity index (χ1) is 15.5. The van der Waals surface area contributed by atoms with Crippen LogP contribution in [-0.2, 0) is 6.42 Å². The average molecular weight is 455 g/mol. The molecule has 1 aliphatic heterocycles. The van der Waals surface area contributed by atoms with E-state index in [1.165, 1.54) is 23.6 Å². The van der Waals surface area contributed by atoms with Crippen LogP contribution in [0, 0.1) is 11.6 Å². The fourth-order valence-corrected chi connectivity index (χ4v) is 5.00. The standard InChI is InChI=1S/C22H20F2N6OS/c23-15-4-1-5-16(24)19(15)22-28-17(11-32-22)18(31)7-12-8-26-21-14(9-27-29-21)20(12)30-6-2-3-13(25)10-30/h1,4-5,8-9,11,13H,2-3,6-7,10,25H2,(H,26,27,29)/t13-/m0/s1. The van der Waals surface area contributed by atoms with Crippen molar-refractivity contribution in [2.75, 3.05) is 18.0 Å². The quantitative estimate of drug-likeness (QED) is 0.446. The van der Waals surface area contributed by atoms with E-state index in [0.29, 0.717) is 12.2 Å². The highest BCUT2D eigenvalue weighted by Crippen LogP contribution is 2.33. The number of benzene rings is 1. The van der Waals surface area contributed by atoms with Crippen molar-refractivity contribution in [2.45, 2.75) is 25.3 Å². The zero-order valence-corrected chi connectivity index (χ0v) is 17.8. The minimum absolute atomic E-state index is 0.0537. The molecule has 10 heteroatoms. The molecule has 3 aromatic heterocycles. The van der Waals surface area contributed by atoms with E-state index in [4.69, 9.17) is 5.73 Å². The van der Waals surface area contributed by atoms with E-state index in [1.807, 2.05) is 0 Å². The number of carbonyl (C=O) groups is 1. The summed E-state index contributed by atoms with van der Waals surface area (Å²) >= 11 is 1.04. The Kier molecular flexibility index (Phi) is 5.40. The molecule has 1 aromatic carbocycles. The topological polar surface area (TPSA) is 101 Å². The molecule has 5 rings (SSSR count). The molecule has 0 unspecified atom stereocenters. The first-order valence-electron chi connectivity index (χ1n) is 10.3. The Balaban J connectivity index is 1.47. The molecular formula is C22H20F2N6OS. The van der Waals surface area contributed by atoms with Crippen LogP contribution in [0.1, 0.15) is 28.9 Å². The lowest BCUT2D eigenvalue weighted by Gasteiger charge is -2.34. The van der Waals surface area contributed by atoms with E-state index >= 15 is 0 Å². The van der Waals surface area contributed by atoms with Gasteiger partial charge in [0.25, 0.3) is 0 Å². The second kappa shape index (κ2) is 8.36. The molecule has 0 spiro atoms. The number of piperidine rings is 1. The number of pyridine rings is 1. The molecule has 0 aliphatic carbocycles. The van der Waals surface area contributed by atoms with E-state index in [1.54, 1.807) is 12.4 Å². The number of nitrogens with two attached hydrogens (primary N) is 1. The molecule has 1 saturated heterocycles. The van der Waals surface area contributed by atoms with Crippen LogP contribution < -0.4 is 10.6 Å². The molecule has 4 heterocycles. The van der Waals surface area contributed by atoms with Crippen molar-refractivity contribution in [1.82, 2.24) is 20.2 Å². The van der Waals surface area contributed by atoms with Gasteiger partial charge in [0.05, 0.1) is 22.8 Å². The van der Waals surface area contributed by atoms with Crippen LogP contribution in [0.15, 0.2) is 36.0 Å². The molecule has 1 atom stereocenters. The molecule has 0 bridgehead atoms. The number of aromatic amines is 1. The van der Waals surface area contributed by atoms with Gasteiger partial charge in [-0.2, -0.15) is 5.10 Å². The van der Waals surface area contributed by atoms with Crippen molar-refractivity contribution in [3.8, 4) is 10.6 Å². The number of Topliss-reactive ketones (excluding diaryl/α,β-unsaturated/α-hetero) is 1. The van der Waals surface area contributed by atoms with E-state index in [-0.39, 0.29) is 34.5 Å². The molecule has 1 aliphatic rings. The van der Waals surface area contributed by atoms with Crippen LogP contribution in [0.25, 0.3) is 21.6 Å².